The Labute approximate surface area is 203 Å². The highest BCUT2D eigenvalue weighted by Crippen LogP contribution is 2.42. The van der Waals surface area contributed by atoms with Crippen LogP contribution in [0.3, 0.4) is 0 Å². The van der Waals surface area contributed by atoms with Crippen LogP contribution in [0.1, 0.15) is 5.56 Å². The van der Waals surface area contributed by atoms with E-state index in [2.05, 4.69) is 9.47 Å². The van der Waals surface area contributed by atoms with E-state index in [0.29, 0.717) is 16.2 Å². The molecule has 0 heterocycles. The van der Waals surface area contributed by atoms with E-state index in [0.717, 1.165) is 10.9 Å². The molecule has 35 heavy (non-hydrogen) atoms. The Balaban J connectivity index is 0.000000196. The number of alkyl halides is 5. The second-order valence-electron chi connectivity index (χ2n) is 7.21. The molecule has 0 spiro atoms. The lowest BCUT2D eigenvalue weighted by atomic mass is 10.1. The van der Waals surface area contributed by atoms with Crippen LogP contribution in [0.15, 0.2) is 91.0 Å². The summed E-state index contributed by atoms with van der Waals surface area (Å²) >= 11 is 1.61. The third kappa shape index (κ3) is 6.45. The van der Waals surface area contributed by atoms with Crippen LogP contribution in [0.25, 0.3) is 21.5 Å². The third-order valence-electron chi connectivity index (χ3n) is 4.66. The van der Waals surface area contributed by atoms with Gasteiger partial charge in [0.15, 0.2) is 0 Å². The molecule has 4 aromatic carbocycles. The molecule has 0 amide bonds. The Bertz CT molecular complexity index is 1360. The van der Waals surface area contributed by atoms with Crippen molar-refractivity contribution >= 4 is 37.5 Å². The number of halogens is 8. The molecule has 10 heteroatoms. The zero-order valence-electron chi connectivity index (χ0n) is 17.8. The van der Waals surface area contributed by atoms with Gasteiger partial charge in [-0.3, -0.25) is 0 Å². The minimum absolute atomic E-state index is 0.0801. The summed E-state index contributed by atoms with van der Waals surface area (Å²) in [6.45, 7) is 1.86. The molecule has 0 saturated carbocycles. The summed E-state index contributed by atoms with van der Waals surface area (Å²) in [5, 5.41) is 2.38. The summed E-state index contributed by atoms with van der Waals surface area (Å²) < 4.78 is 96.9. The lowest BCUT2D eigenvalue weighted by Gasteiger charge is -2.22. The predicted molar refractivity (Wildman–Crippen MR) is 123 cm³/mol. The zero-order chi connectivity index (χ0) is 25.8. The van der Waals surface area contributed by atoms with Gasteiger partial charge in [0.05, 0.1) is 0 Å². The van der Waals surface area contributed by atoms with E-state index >= 15 is 0 Å². The number of ether oxygens (including phenoxy) is 2. The fraction of sp³-hybridized carbons (Fsp3) is 0.120. The second-order valence-corrected chi connectivity index (χ2v) is 8.21. The highest BCUT2D eigenvalue weighted by atomic mass is 79.9. The summed E-state index contributed by atoms with van der Waals surface area (Å²) in [5.41, 5.74) is 0.943. The summed E-state index contributed by atoms with van der Waals surface area (Å²) in [6.07, 6.45) is -7.09. The Morgan fingerprint density at radius 2 is 1.29 bits per heavy atom. The smallest absolute Gasteiger partial charge is 0.427 e. The number of benzene rings is 4. The minimum Gasteiger partial charge on any atom is -0.427 e. The van der Waals surface area contributed by atoms with Crippen LogP contribution >= 0.6 is 15.9 Å². The molecule has 0 N–H and O–H groups in total. The maximum Gasteiger partial charge on any atom is 0.475 e. The lowest BCUT2D eigenvalue weighted by Crippen LogP contribution is -2.40. The Morgan fingerprint density at radius 1 is 0.714 bits per heavy atom. The van der Waals surface area contributed by atoms with Crippen LogP contribution in [0.4, 0.5) is 30.7 Å². The highest BCUT2D eigenvalue weighted by molar-refractivity contribution is 9.10. The fourth-order valence-corrected chi connectivity index (χ4v) is 3.14. The first-order valence-corrected chi connectivity index (χ1v) is 10.7. The number of hydrogen-bond acceptors (Lipinski definition) is 2. The molecule has 184 valence electrons. The van der Waals surface area contributed by atoms with Gasteiger partial charge in [-0.1, -0.05) is 66.2 Å². The average molecular weight is 561 g/mol. The monoisotopic (exact) mass is 560 g/mol. The van der Waals surface area contributed by atoms with Gasteiger partial charge < -0.3 is 9.47 Å². The third-order valence-corrected chi connectivity index (χ3v) is 5.13. The molecule has 0 bridgehead atoms. The molecule has 4 aromatic rings. The van der Waals surface area contributed by atoms with Gasteiger partial charge in [0.2, 0.25) is 0 Å². The molecule has 0 radical (unpaired) electrons. The first-order valence-electron chi connectivity index (χ1n) is 9.88. The number of fused-ring (bicyclic) bond motifs is 2. The van der Waals surface area contributed by atoms with Crippen molar-refractivity contribution < 1.29 is 40.2 Å². The Hall–Kier alpha value is -3.27. The van der Waals surface area contributed by atoms with E-state index in [-0.39, 0.29) is 11.5 Å². The molecule has 0 aromatic heterocycles. The molecular formula is C25H16BrF7O2. The fourth-order valence-electron chi connectivity index (χ4n) is 3.06. The molecule has 4 rings (SSSR count). The van der Waals surface area contributed by atoms with Gasteiger partial charge >= 0.3 is 23.0 Å². The van der Waals surface area contributed by atoms with Crippen molar-refractivity contribution in [2.75, 3.05) is 0 Å². The highest BCUT2D eigenvalue weighted by Gasteiger charge is 2.57. The van der Waals surface area contributed by atoms with Gasteiger partial charge in [-0.05, 0) is 35.9 Å². The topological polar surface area (TPSA) is 18.5 Å². The van der Waals surface area contributed by atoms with Crippen LogP contribution in [0.5, 0.6) is 11.5 Å². The maximum absolute atomic E-state index is 13.1. The molecule has 0 fully saturated rings. The van der Waals surface area contributed by atoms with Crippen LogP contribution in [-0.4, -0.2) is 10.9 Å². The van der Waals surface area contributed by atoms with Crippen molar-refractivity contribution in [1.29, 1.82) is 0 Å². The van der Waals surface area contributed by atoms with Gasteiger partial charge in [0.25, 0.3) is 0 Å². The van der Waals surface area contributed by atoms with Crippen molar-refractivity contribution in [3.63, 3.8) is 0 Å². The SMILES string of the molecule is Cc1ccc2cccc(OC(F)=C(F)F)c2c1.FC(F)(Br)C(F)(F)Oc1cccc2ccccc12. The van der Waals surface area contributed by atoms with E-state index in [4.69, 9.17) is 0 Å². The summed E-state index contributed by atoms with van der Waals surface area (Å²) in [7, 11) is 0. The minimum atomic E-state index is -4.63. The zero-order valence-corrected chi connectivity index (χ0v) is 19.4. The van der Waals surface area contributed by atoms with Crippen molar-refractivity contribution in [3.8, 4) is 11.5 Å². The first kappa shape index (κ1) is 26.3. The van der Waals surface area contributed by atoms with Crippen LogP contribution in [0.2, 0.25) is 0 Å². The van der Waals surface area contributed by atoms with Crippen molar-refractivity contribution in [1.82, 2.24) is 0 Å². The standard InChI is InChI=1S/C13H9F3O.C12H7BrF4O/c1-8-5-6-9-3-2-4-11(10(9)7-8)17-13(16)12(14)15;13-11(14,15)12(16,17)18-10-7-3-5-8-4-1-2-6-9(8)10/h2-7H,1H3;1-7H. The van der Waals surface area contributed by atoms with Gasteiger partial charge in [-0.2, -0.15) is 30.7 Å². The average Bonchev–Trinajstić information content (AvgIpc) is 2.79. The van der Waals surface area contributed by atoms with E-state index in [9.17, 15) is 30.7 Å². The largest absolute Gasteiger partial charge is 0.475 e. The van der Waals surface area contributed by atoms with Crippen molar-refractivity contribution in [3.05, 3.63) is 96.5 Å². The summed E-state index contributed by atoms with van der Waals surface area (Å²) in [5.74, 6) is -0.214. The summed E-state index contributed by atoms with van der Waals surface area (Å²) in [6, 6.07) is 19.3. The van der Waals surface area contributed by atoms with Crippen LogP contribution < -0.4 is 9.47 Å². The van der Waals surface area contributed by atoms with Gasteiger partial charge in [0, 0.05) is 26.7 Å². The Morgan fingerprint density at radius 3 is 1.91 bits per heavy atom. The summed E-state index contributed by atoms with van der Waals surface area (Å²) in [4.78, 5) is -4.43. The lowest BCUT2D eigenvalue weighted by molar-refractivity contribution is -0.265. The second kappa shape index (κ2) is 10.6. The normalized spacial score (nSPS) is 11.6. The van der Waals surface area contributed by atoms with Crippen LogP contribution in [-0.2, 0) is 0 Å². The van der Waals surface area contributed by atoms with E-state index in [1.807, 2.05) is 19.1 Å². The number of aryl methyl sites for hydroxylation is 1. The molecule has 0 atom stereocenters. The van der Waals surface area contributed by atoms with E-state index in [1.165, 1.54) is 24.3 Å². The van der Waals surface area contributed by atoms with Crippen molar-refractivity contribution in [2.24, 2.45) is 0 Å². The maximum atomic E-state index is 13.1. The quantitative estimate of drug-likeness (QED) is 0.137. The molecule has 0 aliphatic carbocycles. The van der Waals surface area contributed by atoms with E-state index < -0.39 is 23.0 Å². The number of hydrogen-bond donors (Lipinski definition) is 0. The molecule has 0 aliphatic rings. The molecule has 0 unspecified atom stereocenters. The first-order chi connectivity index (χ1) is 16.4. The Kier molecular flexibility index (Phi) is 7.94. The predicted octanol–water partition coefficient (Wildman–Crippen LogP) is 9.36. The van der Waals surface area contributed by atoms with Crippen LogP contribution in [0, 0.1) is 6.92 Å². The van der Waals surface area contributed by atoms with E-state index in [1.54, 1.807) is 58.4 Å². The van der Waals surface area contributed by atoms with Crippen molar-refractivity contribution in [2.45, 2.75) is 17.9 Å². The van der Waals surface area contributed by atoms with Gasteiger partial charge in [0.1, 0.15) is 11.5 Å². The molecule has 0 aliphatic heterocycles. The van der Waals surface area contributed by atoms with Gasteiger partial charge in [-0.25, -0.2) is 0 Å². The number of rotatable bonds is 5. The molecule has 0 saturated heterocycles. The molecule has 2 nitrogen and oxygen atoms in total. The van der Waals surface area contributed by atoms with Gasteiger partial charge in [-0.15, -0.1) is 0 Å². The molecular weight excluding hydrogens is 545 g/mol.